The molecule has 0 aliphatic heterocycles. The van der Waals surface area contributed by atoms with E-state index in [1.165, 1.54) is 12.8 Å². The van der Waals surface area contributed by atoms with Gasteiger partial charge in [-0.05, 0) is 31.2 Å². The van der Waals surface area contributed by atoms with Crippen LogP contribution in [0.25, 0.3) is 0 Å². The Morgan fingerprint density at radius 3 is 1.64 bits per heavy atom. The van der Waals surface area contributed by atoms with Crippen molar-refractivity contribution in [2.75, 3.05) is 0 Å². The predicted octanol–water partition coefficient (Wildman–Crippen LogP) is 3.38. The predicted molar refractivity (Wildman–Crippen MR) is 67.4 cm³/mol. The molecule has 0 aromatic carbocycles. The average molecular weight is 216 g/mol. The van der Waals surface area contributed by atoms with Crippen LogP contribution < -0.4 is 0 Å². The monoisotopic (exact) mass is 216 g/mol. The standard InChI is InChI=1S/C12H28OSi/c1-7-10(5)12(11(6)8-2)14-13-9(3)4/h9-12H,7-8,14H2,1-6H3. The first kappa shape index (κ1) is 14.2. The molecule has 2 atom stereocenters. The van der Waals surface area contributed by atoms with Crippen molar-refractivity contribution >= 4 is 9.76 Å². The Balaban J connectivity index is 4.10. The lowest BCUT2D eigenvalue weighted by Gasteiger charge is -2.28. The third-order valence-corrected chi connectivity index (χ3v) is 6.23. The third kappa shape index (κ3) is 5.16. The van der Waals surface area contributed by atoms with E-state index in [2.05, 4.69) is 41.5 Å². The average Bonchev–Trinajstić information content (AvgIpc) is 2.16. The van der Waals surface area contributed by atoms with Crippen LogP contribution in [0.5, 0.6) is 0 Å². The Hall–Kier alpha value is 0.177. The smallest absolute Gasteiger partial charge is 0.165 e. The van der Waals surface area contributed by atoms with Crippen molar-refractivity contribution in [3.8, 4) is 0 Å². The fraction of sp³-hybridized carbons (Fsp3) is 1.00. The number of hydrogen-bond donors (Lipinski definition) is 0. The quantitative estimate of drug-likeness (QED) is 0.593. The molecule has 0 aliphatic rings. The van der Waals surface area contributed by atoms with Gasteiger partial charge in [-0.2, -0.15) is 0 Å². The maximum absolute atomic E-state index is 5.89. The topological polar surface area (TPSA) is 9.23 Å². The molecule has 0 saturated carbocycles. The van der Waals surface area contributed by atoms with Crippen molar-refractivity contribution in [3.63, 3.8) is 0 Å². The van der Waals surface area contributed by atoms with Crippen molar-refractivity contribution < 1.29 is 4.43 Å². The fourth-order valence-electron chi connectivity index (χ4n) is 1.80. The number of hydrogen-bond acceptors (Lipinski definition) is 1. The lowest BCUT2D eigenvalue weighted by Crippen LogP contribution is -2.23. The Morgan fingerprint density at radius 2 is 1.36 bits per heavy atom. The molecule has 0 spiro atoms. The Labute approximate surface area is 92.6 Å². The molecule has 0 rings (SSSR count). The van der Waals surface area contributed by atoms with Gasteiger partial charge >= 0.3 is 0 Å². The molecule has 0 aromatic heterocycles. The van der Waals surface area contributed by atoms with Crippen molar-refractivity contribution in [2.45, 2.75) is 66.0 Å². The molecular formula is C12H28OSi. The van der Waals surface area contributed by atoms with Crippen molar-refractivity contribution in [1.82, 2.24) is 0 Å². The molecular weight excluding hydrogens is 188 g/mol. The molecule has 0 amide bonds. The molecule has 1 nitrogen and oxygen atoms in total. The minimum absolute atomic E-state index is 0.339. The van der Waals surface area contributed by atoms with E-state index >= 15 is 0 Å². The second-order valence-electron chi connectivity index (χ2n) is 4.82. The molecule has 86 valence electrons. The van der Waals surface area contributed by atoms with E-state index in [-0.39, 0.29) is 9.76 Å². The highest BCUT2D eigenvalue weighted by molar-refractivity contribution is 6.29. The molecule has 14 heavy (non-hydrogen) atoms. The molecule has 0 heterocycles. The third-order valence-electron chi connectivity index (χ3n) is 3.37. The lowest BCUT2D eigenvalue weighted by atomic mass is 9.93. The summed E-state index contributed by atoms with van der Waals surface area (Å²) in [5.74, 6) is 1.69. The maximum Gasteiger partial charge on any atom is 0.165 e. The summed E-state index contributed by atoms with van der Waals surface area (Å²) in [7, 11) is -0.339. The summed E-state index contributed by atoms with van der Waals surface area (Å²) in [4.78, 5) is 0. The first-order valence-electron chi connectivity index (χ1n) is 6.14. The molecule has 0 fully saturated rings. The second-order valence-corrected chi connectivity index (χ2v) is 6.43. The van der Waals surface area contributed by atoms with Gasteiger partial charge in [-0.25, -0.2) is 0 Å². The molecule has 0 aliphatic carbocycles. The zero-order chi connectivity index (χ0) is 11.1. The summed E-state index contributed by atoms with van der Waals surface area (Å²) >= 11 is 0. The van der Waals surface area contributed by atoms with E-state index < -0.39 is 0 Å². The van der Waals surface area contributed by atoms with Crippen LogP contribution in [0.15, 0.2) is 0 Å². The number of rotatable bonds is 7. The molecule has 2 heteroatoms. The molecule has 0 aromatic rings. The van der Waals surface area contributed by atoms with Crippen LogP contribution in [-0.4, -0.2) is 15.9 Å². The van der Waals surface area contributed by atoms with Gasteiger partial charge in [-0.15, -0.1) is 0 Å². The summed E-state index contributed by atoms with van der Waals surface area (Å²) in [6, 6.07) is 0. The van der Waals surface area contributed by atoms with E-state index in [1.807, 2.05) is 0 Å². The van der Waals surface area contributed by atoms with E-state index in [1.54, 1.807) is 0 Å². The van der Waals surface area contributed by atoms with Gasteiger partial charge < -0.3 is 4.43 Å². The fourth-order valence-corrected chi connectivity index (χ4v) is 3.73. The minimum Gasteiger partial charge on any atom is -0.421 e. The lowest BCUT2D eigenvalue weighted by molar-refractivity contribution is 0.234. The van der Waals surface area contributed by atoms with Crippen LogP contribution in [0, 0.1) is 11.8 Å². The first-order chi connectivity index (χ1) is 6.52. The second kappa shape index (κ2) is 7.47. The van der Waals surface area contributed by atoms with Crippen LogP contribution in [0.3, 0.4) is 0 Å². The zero-order valence-electron chi connectivity index (χ0n) is 10.8. The van der Waals surface area contributed by atoms with Gasteiger partial charge in [0.1, 0.15) is 0 Å². The molecule has 0 N–H and O–H groups in total. The summed E-state index contributed by atoms with van der Waals surface area (Å²) in [6.07, 6.45) is 3.02. The van der Waals surface area contributed by atoms with Gasteiger partial charge in [-0.3, -0.25) is 0 Å². The molecule has 2 unspecified atom stereocenters. The normalized spacial score (nSPS) is 19.1. The Bertz CT molecular complexity index is 126. The first-order valence-corrected chi connectivity index (χ1v) is 7.53. The van der Waals surface area contributed by atoms with Crippen LogP contribution >= 0.6 is 0 Å². The van der Waals surface area contributed by atoms with Gasteiger partial charge in [0.2, 0.25) is 0 Å². The highest BCUT2D eigenvalue weighted by Gasteiger charge is 2.22. The highest BCUT2D eigenvalue weighted by atomic mass is 28.2. The van der Waals surface area contributed by atoms with Crippen molar-refractivity contribution in [3.05, 3.63) is 0 Å². The highest BCUT2D eigenvalue weighted by Crippen LogP contribution is 2.31. The van der Waals surface area contributed by atoms with E-state index in [4.69, 9.17) is 4.43 Å². The zero-order valence-corrected chi connectivity index (χ0v) is 12.3. The largest absolute Gasteiger partial charge is 0.421 e. The summed E-state index contributed by atoms with van der Waals surface area (Å²) in [6.45, 7) is 13.7. The SMILES string of the molecule is CCC(C)C([SiH2]OC(C)C)C(C)CC. The van der Waals surface area contributed by atoms with E-state index in [9.17, 15) is 0 Å². The molecule has 0 saturated heterocycles. The Morgan fingerprint density at radius 1 is 0.929 bits per heavy atom. The van der Waals surface area contributed by atoms with Gasteiger partial charge in [0.15, 0.2) is 9.76 Å². The van der Waals surface area contributed by atoms with Crippen LogP contribution in [-0.2, 0) is 4.43 Å². The van der Waals surface area contributed by atoms with Crippen LogP contribution in [0.2, 0.25) is 5.54 Å². The van der Waals surface area contributed by atoms with Crippen molar-refractivity contribution in [2.24, 2.45) is 11.8 Å². The van der Waals surface area contributed by atoms with Crippen LogP contribution in [0.1, 0.15) is 54.4 Å². The van der Waals surface area contributed by atoms with E-state index in [0.29, 0.717) is 6.10 Å². The van der Waals surface area contributed by atoms with Crippen molar-refractivity contribution in [1.29, 1.82) is 0 Å². The minimum atomic E-state index is -0.339. The van der Waals surface area contributed by atoms with Crippen LogP contribution in [0.4, 0.5) is 0 Å². The van der Waals surface area contributed by atoms with Gasteiger partial charge in [0.25, 0.3) is 0 Å². The van der Waals surface area contributed by atoms with Gasteiger partial charge in [-0.1, -0.05) is 40.5 Å². The van der Waals surface area contributed by atoms with E-state index in [0.717, 1.165) is 17.4 Å². The maximum atomic E-state index is 5.89. The molecule has 0 bridgehead atoms. The molecule has 0 radical (unpaired) electrons. The van der Waals surface area contributed by atoms with Gasteiger partial charge in [0.05, 0.1) is 0 Å². The van der Waals surface area contributed by atoms with Gasteiger partial charge in [0, 0.05) is 6.10 Å². The summed E-state index contributed by atoms with van der Waals surface area (Å²) in [5.41, 5.74) is 0.868. The summed E-state index contributed by atoms with van der Waals surface area (Å²) < 4.78 is 5.89. The summed E-state index contributed by atoms with van der Waals surface area (Å²) in [5, 5.41) is 0. The Kier molecular flexibility index (Phi) is 7.56.